The molecule has 0 amide bonds. The SMILES string of the molecule is CC(=O)OC(C)(C)[C@H]1CCC(C)O1. The second kappa shape index (κ2) is 3.66. The van der Waals surface area contributed by atoms with Crippen LogP contribution in [0.5, 0.6) is 0 Å². The van der Waals surface area contributed by atoms with Gasteiger partial charge in [0, 0.05) is 6.92 Å². The molecule has 0 aromatic rings. The lowest BCUT2D eigenvalue weighted by Gasteiger charge is -2.30. The standard InChI is InChI=1S/C10H18O3/c1-7-5-6-9(12-7)10(3,4)13-8(2)11/h7,9H,5-6H2,1-4H3/t7?,9-/m1/s1. The van der Waals surface area contributed by atoms with Crippen molar-refractivity contribution >= 4 is 5.97 Å². The molecule has 0 aromatic carbocycles. The molecule has 0 N–H and O–H groups in total. The number of rotatable bonds is 2. The van der Waals surface area contributed by atoms with Crippen LogP contribution in [0.2, 0.25) is 0 Å². The molecule has 1 fully saturated rings. The molecule has 2 atom stereocenters. The smallest absolute Gasteiger partial charge is 0.303 e. The number of hydrogen-bond acceptors (Lipinski definition) is 3. The van der Waals surface area contributed by atoms with Gasteiger partial charge in [-0.05, 0) is 33.6 Å². The van der Waals surface area contributed by atoms with E-state index in [2.05, 4.69) is 0 Å². The third kappa shape index (κ3) is 2.69. The Hall–Kier alpha value is -0.570. The molecule has 0 saturated carbocycles. The first kappa shape index (κ1) is 10.5. The van der Waals surface area contributed by atoms with Crippen LogP contribution in [0.25, 0.3) is 0 Å². The molecule has 13 heavy (non-hydrogen) atoms. The minimum atomic E-state index is -0.489. The van der Waals surface area contributed by atoms with E-state index in [4.69, 9.17) is 9.47 Å². The Kier molecular flexibility index (Phi) is 2.96. The monoisotopic (exact) mass is 186 g/mol. The summed E-state index contributed by atoms with van der Waals surface area (Å²) in [6, 6.07) is 0. The van der Waals surface area contributed by atoms with Crippen molar-refractivity contribution in [2.75, 3.05) is 0 Å². The fraction of sp³-hybridized carbons (Fsp3) is 0.900. The minimum Gasteiger partial charge on any atom is -0.457 e. The number of esters is 1. The van der Waals surface area contributed by atoms with Crippen LogP contribution in [0, 0.1) is 0 Å². The van der Waals surface area contributed by atoms with E-state index in [-0.39, 0.29) is 12.1 Å². The van der Waals surface area contributed by atoms with Gasteiger partial charge in [-0.25, -0.2) is 0 Å². The van der Waals surface area contributed by atoms with Crippen LogP contribution in [0.1, 0.15) is 40.5 Å². The molecule has 0 aromatic heterocycles. The average Bonchev–Trinajstić information content (AvgIpc) is 2.32. The third-order valence-corrected chi connectivity index (χ3v) is 2.41. The van der Waals surface area contributed by atoms with Crippen LogP contribution in [0.15, 0.2) is 0 Å². The molecule has 1 rings (SSSR count). The molecule has 3 heteroatoms. The minimum absolute atomic E-state index is 0.0476. The van der Waals surface area contributed by atoms with E-state index in [1.807, 2.05) is 20.8 Å². The Morgan fingerprint density at radius 1 is 1.46 bits per heavy atom. The number of carbonyl (C=O) groups is 1. The van der Waals surface area contributed by atoms with Gasteiger partial charge in [-0.3, -0.25) is 4.79 Å². The average molecular weight is 186 g/mol. The first-order chi connectivity index (χ1) is 5.92. The van der Waals surface area contributed by atoms with Gasteiger partial charge in [0.05, 0.1) is 12.2 Å². The second-order valence-electron chi connectivity index (χ2n) is 4.21. The van der Waals surface area contributed by atoms with Crippen molar-refractivity contribution in [1.82, 2.24) is 0 Å². The van der Waals surface area contributed by atoms with E-state index in [9.17, 15) is 4.79 Å². The van der Waals surface area contributed by atoms with Gasteiger partial charge in [-0.2, -0.15) is 0 Å². The number of carbonyl (C=O) groups excluding carboxylic acids is 1. The first-order valence-electron chi connectivity index (χ1n) is 4.77. The zero-order chi connectivity index (χ0) is 10.1. The fourth-order valence-corrected chi connectivity index (χ4v) is 1.75. The van der Waals surface area contributed by atoms with Crippen molar-refractivity contribution in [2.45, 2.75) is 58.3 Å². The summed E-state index contributed by atoms with van der Waals surface area (Å²) >= 11 is 0. The van der Waals surface area contributed by atoms with E-state index in [1.54, 1.807) is 0 Å². The van der Waals surface area contributed by atoms with Gasteiger partial charge in [0.2, 0.25) is 0 Å². The highest BCUT2D eigenvalue weighted by Gasteiger charge is 2.38. The lowest BCUT2D eigenvalue weighted by molar-refractivity contribution is -0.168. The zero-order valence-corrected chi connectivity index (χ0v) is 8.79. The van der Waals surface area contributed by atoms with Gasteiger partial charge in [-0.15, -0.1) is 0 Å². The molecule has 3 nitrogen and oxygen atoms in total. The predicted molar refractivity (Wildman–Crippen MR) is 49.4 cm³/mol. The fourth-order valence-electron chi connectivity index (χ4n) is 1.75. The highest BCUT2D eigenvalue weighted by molar-refractivity contribution is 5.66. The molecule has 0 aliphatic carbocycles. The van der Waals surface area contributed by atoms with Crippen LogP contribution in [0.3, 0.4) is 0 Å². The maximum atomic E-state index is 10.8. The molecular formula is C10H18O3. The van der Waals surface area contributed by atoms with E-state index in [0.29, 0.717) is 6.10 Å². The quantitative estimate of drug-likeness (QED) is 0.618. The lowest BCUT2D eigenvalue weighted by atomic mass is 9.99. The first-order valence-corrected chi connectivity index (χ1v) is 4.77. The second-order valence-corrected chi connectivity index (χ2v) is 4.21. The van der Waals surface area contributed by atoms with Crippen LogP contribution in [0.4, 0.5) is 0 Å². The summed E-state index contributed by atoms with van der Waals surface area (Å²) in [5, 5.41) is 0. The summed E-state index contributed by atoms with van der Waals surface area (Å²) in [7, 11) is 0. The largest absolute Gasteiger partial charge is 0.457 e. The van der Waals surface area contributed by atoms with Gasteiger partial charge in [0.1, 0.15) is 5.60 Å². The number of hydrogen-bond donors (Lipinski definition) is 0. The highest BCUT2D eigenvalue weighted by Crippen LogP contribution is 2.30. The van der Waals surface area contributed by atoms with Crippen molar-refractivity contribution in [3.8, 4) is 0 Å². The third-order valence-electron chi connectivity index (χ3n) is 2.41. The lowest BCUT2D eigenvalue weighted by Crippen LogP contribution is -2.40. The molecule has 0 bridgehead atoms. The maximum absolute atomic E-state index is 10.8. The normalized spacial score (nSPS) is 28.9. The molecule has 1 unspecified atom stereocenters. The Balaban J connectivity index is 2.53. The molecule has 0 radical (unpaired) electrons. The van der Waals surface area contributed by atoms with Gasteiger partial charge < -0.3 is 9.47 Å². The molecule has 76 valence electrons. The molecule has 1 saturated heterocycles. The van der Waals surface area contributed by atoms with Gasteiger partial charge in [-0.1, -0.05) is 0 Å². The molecular weight excluding hydrogens is 168 g/mol. The summed E-state index contributed by atoms with van der Waals surface area (Å²) in [6.45, 7) is 7.28. The van der Waals surface area contributed by atoms with E-state index in [0.717, 1.165) is 12.8 Å². The summed E-state index contributed by atoms with van der Waals surface area (Å²) in [5.41, 5.74) is -0.489. The molecule has 0 spiro atoms. The predicted octanol–water partition coefficient (Wildman–Crippen LogP) is 1.90. The summed E-state index contributed by atoms with van der Waals surface area (Å²) < 4.78 is 10.9. The van der Waals surface area contributed by atoms with Crippen LogP contribution in [-0.2, 0) is 14.3 Å². The molecule has 1 aliphatic rings. The van der Waals surface area contributed by atoms with E-state index >= 15 is 0 Å². The summed E-state index contributed by atoms with van der Waals surface area (Å²) in [4.78, 5) is 10.8. The Labute approximate surface area is 79.4 Å². The Bertz CT molecular complexity index is 198. The Morgan fingerprint density at radius 3 is 2.46 bits per heavy atom. The summed E-state index contributed by atoms with van der Waals surface area (Å²) in [6.07, 6.45) is 2.36. The van der Waals surface area contributed by atoms with Crippen LogP contribution in [-0.4, -0.2) is 23.8 Å². The summed E-state index contributed by atoms with van der Waals surface area (Å²) in [5.74, 6) is -0.242. The Morgan fingerprint density at radius 2 is 2.08 bits per heavy atom. The topological polar surface area (TPSA) is 35.5 Å². The van der Waals surface area contributed by atoms with Gasteiger partial charge >= 0.3 is 5.97 Å². The van der Waals surface area contributed by atoms with Gasteiger partial charge in [0.15, 0.2) is 0 Å². The van der Waals surface area contributed by atoms with Crippen molar-refractivity contribution in [3.05, 3.63) is 0 Å². The maximum Gasteiger partial charge on any atom is 0.303 e. The van der Waals surface area contributed by atoms with Crippen molar-refractivity contribution in [2.24, 2.45) is 0 Å². The van der Waals surface area contributed by atoms with Crippen LogP contribution < -0.4 is 0 Å². The zero-order valence-electron chi connectivity index (χ0n) is 8.79. The van der Waals surface area contributed by atoms with Crippen molar-refractivity contribution in [1.29, 1.82) is 0 Å². The van der Waals surface area contributed by atoms with E-state index < -0.39 is 5.60 Å². The van der Waals surface area contributed by atoms with Crippen molar-refractivity contribution < 1.29 is 14.3 Å². The molecule has 1 aliphatic heterocycles. The van der Waals surface area contributed by atoms with Crippen molar-refractivity contribution in [3.63, 3.8) is 0 Å². The van der Waals surface area contributed by atoms with E-state index in [1.165, 1.54) is 6.92 Å². The van der Waals surface area contributed by atoms with Gasteiger partial charge in [0.25, 0.3) is 0 Å². The number of ether oxygens (including phenoxy) is 2. The molecule has 1 heterocycles. The van der Waals surface area contributed by atoms with Crippen LogP contribution >= 0.6 is 0 Å². The highest BCUT2D eigenvalue weighted by atomic mass is 16.6.